The summed E-state index contributed by atoms with van der Waals surface area (Å²) in [6, 6.07) is 15.7. The second-order valence-electron chi connectivity index (χ2n) is 5.43. The van der Waals surface area contributed by atoms with Gasteiger partial charge in [-0.15, -0.1) is 0 Å². The fraction of sp³-hybridized carbons (Fsp3) is 0.333. The van der Waals surface area contributed by atoms with Gasteiger partial charge >= 0.3 is 0 Å². The van der Waals surface area contributed by atoms with Crippen LogP contribution in [0.3, 0.4) is 0 Å². The van der Waals surface area contributed by atoms with E-state index in [0.29, 0.717) is 12.4 Å². The minimum Gasteiger partial charge on any atom is -0.494 e. The van der Waals surface area contributed by atoms with E-state index in [4.69, 9.17) is 4.74 Å². The molecule has 0 amide bonds. The van der Waals surface area contributed by atoms with Crippen molar-refractivity contribution in [3.05, 3.63) is 60.2 Å². The van der Waals surface area contributed by atoms with E-state index >= 15 is 0 Å². The molecule has 5 heteroatoms. The Labute approximate surface area is 138 Å². The SMILES string of the molecule is CCCCOc1ccc(S(=O)(=O)NC(C)c2ccccc2)cc1. The summed E-state index contributed by atoms with van der Waals surface area (Å²) in [6.45, 7) is 4.57. The summed E-state index contributed by atoms with van der Waals surface area (Å²) >= 11 is 0. The molecule has 0 aliphatic carbocycles. The molecule has 0 saturated heterocycles. The molecule has 0 saturated carbocycles. The fourth-order valence-electron chi connectivity index (χ4n) is 2.16. The lowest BCUT2D eigenvalue weighted by Crippen LogP contribution is -2.26. The number of sulfonamides is 1. The van der Waals surface area contributed by atoms with Crippen LogP contribution >= 0.6 is 0 Å². The maximum atomic E-state index is 12.4. The Morgan fingerprint density at radius 2 is 1.70 bits per heavy atom. The van der Waals surface area contributed by atoms with E-state index < -0.39 is 10.0 Å². The van der Waals surface area contributed by atoms with Crippen molar-refractivity contribution in [2.24, 2.45) is 0 Å². The third kappa shape index (κ3) is 5.08. The first-order chi connectivity index (χ1) is 11.0. The molecule has 0 bridgehead atoms. The van der Waals surface area contributed by atoms with Crippen molar-refractivity contribution in [3.63, 3.8) is 0 Å². The van der Waals surface area contributed by atoms with Gasteiger partial charge in [0.2, 0.25) is 10.0 Å². The minimum absolute atomic E-state index is 0.239. The molecule has 23 heavy (non-hydrogen) atoms. The number of rotatable bonds is 8. The Balaban J connectivity index is 2.04. The number of hydrogen-bond donors (Lipinski definition) is 1. The maximum Gasteiger partial charge on any atom is 0.241 e. The highest BCUT2D eigenvalue weighted by molar-refractivity contribution is 7.89. The second kappa shape index (κ2) is 8.13. The first-order valence-electron chi connectivity index (χ1n) is 7.83. The molecule has 0 aromatic heterocycles. The largest absolute Gasteiger partial charge is 0.494 e. The van der Waals surface area contributed by atoms with Crippen LogP contribution in [-0.2, 0) is 10.0 Å². The number of hydrogen-bond acceptors (Lipinski definition) is 3. The Hall–Kier alpha value is -1.85. The van der Waals surface area contributed by atoms with Gasteiger partial charge in [-0.3, -0.25) is 0 Å². The summed E-state index contributed by atoms with van der Waals surface area (Å²) in [7, 11) is -3.56. The molecule has 1 N–H and O–H groups in total. The molecule has 4 nitrogen and oxygen atoms in total. The smallest absolute Gasteiger partial charge is 0.241 e. The normalized spacial score (nSPS) is 12.8. The van der Waals surface area contributed by atoms with E-state index in [1.807, 2.05) is 37.3 Å². The van der Waals surface area contributed by atoms with Gasteiger partial charge in [0, 0.05) is 6.04 Å². The third-order valence-electron chi connectivity index (χ3n) is 3.53. The van der Waals surface area contributed by atoms with Crippen molar-refractivity contribution >= 4 is 10.0 Å². The predicted octanol–water partition coefficient (Wildman–Crippen LogP) is 3.91. The van der Waals surface area contributed by atoms with Gasteiger partial charge in [-0.25, -0.2) is 13.1 Å². The van der Waals surface area contributed by atoms with Gasteiger partial charge in [0.15, 0.2) is 0 Å². The summed E-state index contributed by atoms with van der Waals surface area (Å²) in [5.74, 6) is 0.688. The molecule has 0 heterocycles. The summed E-state index contributed by atoms with van der Waals surface area (Å²) in [5, 5.41) is 0. The molecule has 0 spiro atoms. The first-order valence-corrected chi connectivity index (χ1v) is 9.31. The maximum absolute atomic E-state index is 12.4. The fourth-order valence-corrected chi connectivity index (χ4v) is 3.39. The van der Waals surface area contributed by atoms with Crippen molar-refractivity contribution in [2.45, 2.75) is 37.6 Å². The summed E-state index contributed by atoms with van der Waals surface area (Å²) in [5.41, 5.74) is 0.926. The van der Waals surface area contributed by atoms with E-state index in [9.17, 15) is 8.42 Å². The van der Waals surface area contributed by atoms with Crippen LogP contribution in [0.4, 0.5) is 0 Å². The van der Waals surface area contributed by atoms with E-state index in [1.165, 1.54) is 0 Å². The molecule has 1 atom stereocenters. The van der Waals surface area contributed by atoms with Crippen LogP contribution in [0.1, 0.15) is 38.3 Å². The van der Waals surface area contributed by atoms with Crippen molar-refractivity contribution < 1.29 is 13.2 Å². The Morgan fingerprint density at radius 3 is 2.30 bits per heavy atom. The van der Waals surface area contributed by atoms with Gasteiger partial charge in [-0.2, -0.15) is 0 Å². The molecule has 0 radical (unpaired) electrons. The van der Waals surface area contributed by atoms with E-state index in [2.05, 4.69) is 11.6 Å². The van der Waals surface area contributed by atoms with Gasteiger partial charge in [-0.05, 0) is 43.2 Å². The molecular formula is C18H23NO3S. The number of ether oxygens (including phenoxy) is 1. The molecule has 124 valence electrons. The topological polar surface area (TPSA) is 55.4 Å². The van der Waals surface area contributed by atoms with E-state index in [1.54, 1.807) is 24.3 Å². The zero-order chi connectivity index (χ0) is 16.7. The highest BCUT2D eigenvalue weighted by Crippen LogP contribution is 2.19. The Bertz CT molecular complexity index is 697. The van der Waals surface area contributed by atoms with Crippen molar-refractivity contribution in [2.75, 3.05) is 6.61 Å². The zero-order valence-electron chi connectivity index (χ0n) is 13.5. The van der Waals surface area contributed by atoms with Gasteiger partial charge in [0.25, 0.3) is 0 Å². The van der Waals surface area contributed by atoms with Crippen LogP contribution in [-0.4, -0.2) is 15.0 Å². The van der Waals surface area contributed by atoms with Gasteiger partial charge < -0.3 is 4.74 Å². The molecule has 0 aliphatic rings. The molecule has 2 rings (SSSR count). The number of benzene rings is 2. The molecule has 2 aromatic carbocycles. The minimum atomic E-state index is -3.56. The van der Waals surface area contributed by atoms with Crippen LogP contribution in [0.2, 0.25) is 0 Å². The van der Waals surface area contributed by atoms with Gasteiger partial charge in [0.1, 0.15) is 5.75 Å². The highest BCUT2D eigenvalue weighted by Gasteiger charge is 2.18. The monoisotopic (exact) mass is 333 g/mol. The lowest BCUT2D eigenvalue weighted by molar-refractivity contribution is 0.309. The van der Waals surface area contributed by atoms with Crippen molar-refractivity contribution in [1.82, 2.24) is 4.72 Å². The zero-order valence-corrected chi connectivity index (χ0v) is 14.3. The van der Waals surface area contributed by atoms with E-state index in [0.717, 1.165) is 18.4 Å². The Kier molecular flexibility index (Phi) is 6.19. The number of nitrogens with one attached hydrogen (secondary N) is 1. The molecular weight excluding hydrogens is 310 g/mol. The average Bonchev–Trinajstić information content (AvgIpc) is 2.56. The average molecular weight is 333 g/mol. The molecule has 0 aliphatic heterocycles. The quantitative estimate of drug-likeness (QED) is 0.745. The summed E-state index contributed by atoms with van der Waals surface area (Å²) in [4.78, 5) is 0.239. The lowest BCUT2D eigenvalue weighted by Gasteiger charge is -2.15. The summed E-state index contributed by atoms with van der Waals surface area (Å²) < 4.78 is 33.1. The second-order valence-corrected chi connectivity index (χ2v) is 7.14. The van der Waals surface area contributed by atoms with E-state index in [-0.39, 0.29) is 10.9 Å². The van der Waals surface area contributed by atoms with Crippen LogP contribution in [0.5, 0.6) is 5.75 Å². The van der Waals surface area contributed by atoms with Crippen molar-refractivity contribution in [1.29, 1.82) is 0 Å². The van der Waals surface area contributed by atoms with Gasteiger partial charge in [0.05, 0.1) is 11.5 Å². The predicted molar refractivity (Wildman–Crippen MR) is 92.0 cm³/mol. The standard InChI is InChI=1S/C18H23NO3S/c1-3-4-14-22-17-10-12-18(13-11-17)23(20,21)19-15(2)16-8-6-5-7-9-16/h5-13,15,19H,3-4,14H2,1-2H3. The van der Waals surface area contributed by atoms with Crippen LogP contribution < -0.4 is 9.46 Å². The first kappa shape index (κ1) is 17.5. The molecule has 1 unspecified atom stereocenters. The van der Waals surface area contributed by atoms with Crippen LogP contribution in [0.15, 0.2) is 59.5 Å². The molecule has 0 fully saturated rings. The van der Waals surface area contributed by atoms with Crippen molar-refractivity contribution in [3.8, 4) is 5.75 Å². The number of unbranched alkanes of at least 4 members (excludes halogenated alkanes) is 1. The third-order valence-corrected chi connectivity index (χ3v) is 5.09. The summed E-state index contributed by atoms with van der Waals surface area (Å²) in [6.07, 6.45) is 2.05. The lowest BCUT2D eigenvalue weighted by atomic mass is 10.1. The van der Waals surface area contributed by atoms with Crippen LogP contribution in [0, 0.1) is 0 Å². The Morgan fingerprint density at radius 1 is 1.04 bits per heavy atom. The van der Waals surface area contributed by atoms with Gasteiger partial charge in [-0.1, -0.05) is 43.7 Å². The van der Waals surface area contributed by atoms with Crippen LogP contribution in [0.25, 0.3) is 0 Å². The highest BCUT2D eigenvalue weighted by atomic mass is 32.2. The molecule has 2 aromatic rings.